The Bertz CT molecular complexity index is 652. The van der Waals surface area contributed by atoms with E-state index in [1.54, 1.807) is 12.1 Å². The van der Waals surface area contributed by atoms with Gasteiger partial charge in [0.2, 0.25) is 5.91 Å². The number of nitrogens with one attached hydrogen (secondary N) is 2. The molecule has 2 aromatic carbocycles. The van der Waals surface area contributed by atoms with Crippen LogP contribution in [0.4, 0.5) is 0 Å². The third kappa shape index (κ3) is 3.63. The van der Waals surface area contributed by atoms with Crippen molar-refractivity contribution < 1.29 is 4.79 Å². The van der Waals surface area contributed by atoms with Crippen molar-refractivity contribution in [1.82, 2.24) is 10.6 Å². The van der Waals surface area contributed by atoms with Crippen molar-refractivity contribution in [2.75, 3.05) is 0 Å². The van der Waals surface area contributed by atoms with Crippen LogP contribution in [0.2, 0.25) is 5.02 Å². The summed E-state index contributed by atoms with van der Waals surface area (Å²) >= 11 is 5.83. The van der Waals surface area contributed by atoms with Gasteiger partial charge < -0.3 is 10.6 Å². The Morgan fingerprint density at radius 3 is 2.57 bits per heavy atom. The Labute approximate surface area is 129 Å². The number of hydrogen-bond acceptors (Lipinski definition) is 2. The minimum absolute atomic E-state index is 0.0240. The summed E-state index contributed by atoms with van der Waals surface area (Å²) < 4.78 is 0. The lowest BCUT2D eigenvalue weighted by Gasteiger charge is -2.07. The lowest BCUT2D eigenvalue weighted by molar-refractivity contribution is -0.120. The Morgan fingerprint density at radius 2 is 1.76 bits per heavy atom. The monoisotopic (exact) mass is 300 g/mol. The van der Waals surface area contributed by atoms with Gasteiger partial charge in [0.05, 0.1) is 6.42 Å². The maximum Gasteiger partial charge on any atom is 0.224 e. The average Bonchev–Trinajstić information content (AvgIpc) is 2.95. The molecule has 21 heavy (non-hydrogen) atoms. The van der Waals surface area contributed by atoms with Gasteiger partial charge in [0.1, 0.15) is 0 Å². The van der Waals surface area contributed by atoms with Gasteiger partial charge in [0.25, 0.3) is 0 Å². The van der Waals surface area contributed by atoms with Crippen LogP contribution in [-0.4, -0.2) is 5.91 Å². The van der Waals surface area contributed by atoms with Gasteiger partial charge in [-0.05, 0) is 34.4 Å². The van der Waals surface area contributed by atoms with Gasteiger partial charge in [-0.3, -0.25) is 4.79 Å². The molecular formula is C17H17ClN2O. The molecule has 0 aromatic heterocycles. The van der Waals surface area contributed by atoms with Crippen LogP contribution in [0, 0.1) is 0 Å². The number of fused-ring (bicyclic) bond motifs is 1. The Hall–Kier alpha value is -1.84. The molecule has 0 unspecified atom stereocenters. The summed E-state index contributed by atoms with van der Waals surface area (Å²) in [6.07, 6.45) is 0.379. The zero-order chi connectivity index (χ0) is 14.7. The van der Waals surface area contributed by atoms with E-state index >= 15 is 0 Å². The lowest BCUT2D eigenvalue weighted by atomic mass is 10.1. The molecular weight excluding hydrogens is 284 g/mol. The van der Waals surface area contributed by atoms with Crippen molar-refractivity contribution in [2.24, 2.45) is 0 Å². The maximum absolute atomic E-state index is 11.9. The molecule has 2 aromatic rings. The number of amides is 1. The number of rotatable bonds is 4. The fourth-order valence-electron chi connectivity index (χ4n) is 2.51. The van der Waals surface area contributed by atoms with Crippen LogP contribution in [0.15, 0.2) is 42.5 Å². The lowest BCUT2D eigenvalue weighted by Crippen LogP contribution is -2.24. The van der Waals surface area contributed by atoms with E-state index < -0.39 is 0 Å². The smallest absolute Gasteiger partial charge is 0.224 e. The van der Waals surface area contributed by atoms with E-state index in [0.29, 0.717) is 18.0 Å². The molecule has 0 spiro atoms. The first-order valence-electron chi connectivity index (χ1n) is 7.03. The summed E-state index contributed by atoms with van der Waals surface area (Å²) in [5.41, 5.74) is 4.79. The molecule has 0 saturated carbocycles. The van der Waals surface area contributed by atoms with E-state index in [1.807, 2.05) is 12.1 Å². The summed E-state index contributed by atoms with van der Waals surface area (Å²) in [6, 6.07) is 13.7. The standard InChI is InChI=1S/C17H17ClN2O/c18-16-5-2-12(3-6-16)8-17(21)20-9-13-1-4-14-10-19-11-15(14)7-13/h1-7,19H,8-11H2,(H,20,21). The molecule has 1 aliphatic heterocycles. The van der Waals surface area contributed by atoms with Crippen LogP contribution in [0.3, 0.4) is 0 Å². The van der Waals surface area contributed by atoms with E-state index in [9.17, 15) is 4.79 Å². The van der Waals surface area contributed by atoms with Gasteiger partial charge >= 0.3 is 0 Å². The number of benzene rings is 2. The molecule has 1 aliphatic rings. The molecule has 2 N–H and O–H groups in total. The number of hydrogen-bond donors (Lipinski definition) is 2. The number of carbonyl (C=O) groups is 1. The summed E-state index contributed by atoms with van der Waals surface area (Å²) in [5, 5.41) is 6.97. The summed E-state index contributed by atoms with van der Waals surface area (Å²) in [7, 11) is 0. The summed E-state index contributed by atoms with van der Waals surface area (Å²) in [4.78, 5) is 11.9. The predicted octanol–water partition coefficient (Wildman–Crippen LogP) is 2.80. The summed E-state index contributed by atoms with van der Waals surface area (Å²) in [6.45, 7) is 2.43. The Balaban J connectivity index is 1.55. The Morgan fingerprint density at radius 1 is 1.05 bits per heavy atom. The number of halogens is 1. The van der Waals surface area contributed by atoms with Crippen molar-refractivity contribution >= 4 is 17.5 Å². The van der Waals surface area contributed by atoms with Crippen LogP contribution >= 0.6 is 11.6 Å². The van der Waals surface area contributed by atoms with Crippen molar-refractivity contribution in [1.29, 1.82) is 0 Å². The van der Waals surface area contributed by atoms with E-state index in [0.717, 1.165) is 24.2 Å². The predicted molar refractivity (Wildman–Crippen MR) is 84.0 cm³/mol. The van der Waals surface area contributed by atoms with E-state index in [4.69, 9.17) is 11.6 Å². The third-order valence-corrected chi connectivity index (χ3v) is 3.92. The van der Waals surface area contributed by atoms with Crippen LogP contribution in [0.25, 0.3) is 0 Å². The van der Waals surface area contributed by atoms with Crippen molar-refractivity contribution in [3.63, 3.8) is 0 Å². The first kappa shape index (κ1) is 14.1. The van der Waals surface area contributed by atoms with Gasteiger partial charge in [0.15, 0.2) is 0 Å². The highest BCUT2D eigenvalue weighted by molar-refractivity contribution is 6.30. The highest BCUT2D eigenvalue weighted by Crippen LogP contribution is 2.17. The van der Waals surface area contributed by atoms with Gasteiger partial charge in [0, 0.05) is 24.7 Å². The molecule has 0 fully saturated rings. The minimum atomic E-state index is 0.0240. The quantitative estimate of drug-likeness (QED) is 0.911. The molecule has 1 heterocycles. The van der Waals surface area contributed by atoms with Crippen molar-refractivity contribution in [2.45, 2.75) is 26.1 Å². The minimum Gasteiger partial charge on any atom is -0.352 e. The Kier molecular flexibility index (Phi) is 4.23. The zero-order valence-corrected chi connectivity index (χ0v) is 12.4. The fraction of sp³-hybridized carbons (Fsp3) is 0.235. The molecule has 0 aliphatic carbocycles. The molecule has 0 atom stereocenters. The molecule has 0 bridgehead atoms. The van der Waals surface area contributed by atoms with Crippen LogP contribution in [0.5, 0.6) is 0 Å². The van der Waals surface area contributed by atoms with E-state index in [1.165, 1.54) is 11.1 Å². The third-order valence-electron chi connectivity index (χ3n) is 3.67. The fourth-order valence-corrected chi connectivity index (χ4v) is 2.63. The second-order valence-electron chi connectivity index (χ2n) is 5.29. The van der Waals surface area contributed by atoms with Crippen molar-refractivity contribution in [3.8, 4) is 0 Å². The van der Waals surface area contributed by atoms with Crippen LogP contribution in [0.1, 0.15) is 22.3 Å². The highest BCUT2D eigenvalue weighted by atomic mass is 35.5. The molecule has 4 heteroatoms. The normalized spacial score (nSPS) is 13.0. The first-order valence-corrected chi connectivity index (χ1v) is 7.41. The molecule has 0 radical (unpaired) electrons. The SMILES string of the molecule is O=C(Cc1ccc(Cl)cc1)NCc1ccc2c(c1)CNC2. The average molecular weight is 301 g/mol. The van der Waals surface area contributed by atoms with E-state index in [2.05, 4.69) is 28.8 Å². The molecule has 3 nitrogen and oxygen atoms in total. The summed E-state index contributed by atoms with van der Waals surface area (Å²) in [5.74, 6) is 0.0240. The molecule has 0 saturated heterocycles. The van der Waals surface area contributed by atoms with Crippen LogP contribution in [-0.2, 0) is 30.8 Å². The number of carbonyl (C=O) groups excluding carboxylic acids is 1. The van der Waals surface area contributed by atoms with Gasteiger partial charge in [-0.2, -0.15) is 0 Å². The second-order valence-corrected chi connectivity index (χ2v) is 5.72. The maximum atomic E-state index is 11.9. The second kappa shape index (κ2) is 6.29. The topological polar surface area (TPSA) is 41.1 Å². The first-order chi connectivity index (χ1) is 10.2. The molecule has 108 valence electrons. The highest BCUT2D eigenvalue weighted by Gasteiger charge is 2.10. The van der Waals surface area contributed by atoms with Gasteiger partial charge in [-0.25, -0.2) is 0 Å². The van der Waals surface area contributed by atoms with Gasteiger partial charge in [-0.1, -0.05) is 41.9 Å². The van der Waals surface area contributed by atoms with E-state index in [-0.39, 0.29) is 5.91 Å². The zero-order valence-electron chi connectivity index (χ0n) is 11.7. The van der Waals surface area contributed by atoms with Crippen molar-refractivity contribution in [3.05, 3.63) is 69.7 Å². The molecule has 1 amide bonds. The molecule has 3 rings (SSSR count). The largest absolute Gasteiger partial charge is 0.352 e. The van der Waals surface area contributed by atoms with Gasteiger partial charge in [-0.15, -0.1) is 0 Å². The van der Waals surface area contributed by atoms with Crippen LogP contribution < -0.4 is 10.6 Å².